The molecule has 1 unspecified atom stereocenters. The Bertz CT molecular complexity index is 885. The molecule has 0 radical (unpaired) electrons. The van der Waals surface area contributed by atoms with E-state index in [1.165, 1.54) is 17.7 Å². The highest BCUT2D eigenvalue weighted by Crippen LogP contribution is 2.30. The van der Waals surface area contributed by atoms with Crippen molar-refractivity contribution in [2.24, 2.45) is 0 Å². The average Bonchev–Trinajstić information content (AvgIpc) is 3.20. The van der Waals surface area contributed by atoms with Crippen LogP contribution < -0.4 is 4.90 Å². The standard InChI is InChI=1S/C21H25FN6/c1-16(2)28-21(23-24-25-28)20(17-6-4-3-5-7-17)27-14-12-26(13-15-27)19-10-8-18(22)9-11-19/h3-11,16,20H,12-15H2,1-2H3. The highest BCUT2D eigenvalue weighted by atomic mass is 19.1. The van der Waals surface area contributed by atoms with E-state index in [9.17, 15) is 4.39 Å². The number of anilines is 1. The maximum absolute atomic E-state index is 13.2. The van der Waals surface area contributed by atoms with Gasteiger partial charge in [0.1, 0.15) is 5.82 Å². The number of piperazine rings is 1. The van der Waals surface area contributed by atoms with Crippen molar-refractivity contribution in [3.05, 3.63) is 71.8 Å². The van der Waals surface area contributed by atoms with Gasteiger partial charge >= 0.3 is 0 Å². The zero-order valence-electron chi connectivity index (χ0n) is 16.2. The summed E-state index contributed by atoms with van der Waals surface area (Å²) in [5, 5.41) is 12.5. The number of benzene rings is 2. The summed E-state index contributed by atoms with van der Waals surface area (Å²) in [6.07, 6.45) is 0. The Morgan fingerprint density at radius 1 is 0.893 bits per heavy atom. The Balaban J connectivity index is 1.58. The Kier molecular flexibility index (Phi) is 5.34. The molecule has 0 amide bonds. The summed E-state index contributed by atoms with van der Waals surface area (Å²) in [6, 6.07) is 17.3. The summed E-state index contributed by atoms with van der Waals surface area (Å²) in [4.78, 5) is 4.73. The molecule has 1 aliphatic rings. The lowest BCUT2D eigenvalue weighted by Gasteiger charge is -2.40. The predicted molar refractivity (Wildman–Crippen MR) is 107 cm³/mol. The monoisotopic (exact) mass is 380 g/mol. The first kappa shape index (κ1) is 18.6. The predicted octanol–water partition coefficient (Wildman–Crippen LogP) is 3.30. The summed E-state index contributed by atoms with van der Waals surface area (Å²) in [6.45, 7) is 7.68. The van der Waals surface area contributed by atoms with Crippen molar-refractivity contribution >= 4 is 5.69 Å². The van der Waals surface area contributed by atoms with Crippen molar-refractivity contribution in [3.8, 4) is 0 Å². The van der Waals surface area contributed by atoms with Gasteiger partial charge in [-0.3, -0.25) is 4.90 Å². The van der Waals surface area contributed by atoms with E-state index in [0.29, 0.717) is 0 Å². The van der Waals surface area contributed by atoms with E-state index < -0.39 is 0 Å². The van der Waals surface area contributed by atoms with Gasteiger partial charge in [-0.2, -0.15) is 0 Å². The van der Waals surface area contributed by atoms with Gasteiger partial charge < -0.3 is 4.90 Å². The van der Waals surface area contributed by atoms with E-state index in [1.54, 1.807) is 0 Å². The normalized spacial score (nSPS) is 16.5. The van der Waals surface area contributed by atoms with Crippen LogP contribution in [0.3, 0.4) is 0 Å². The summed E-state index contributed by atoms with van der Waals surface area (Å²) in [5.41, 5.74) is 2.25. The fraction of sp³-hybridized carbons (Fsp3) is 0.381. The molecular weight excluding hydrogens is 355 g/mol. The van der Waals surface area contributed by atoms with Crippen molar-refractivity contribution in [3.63, 3.8) is 0 Å². The minimum atomic E-state index is -0.202. The minimum Gasteiger partial charge on any atom is -0.369 e. The number of halogens is 1. The first-order valence-electron chi connectivity index (χ1n) is 9.71. The molecule has 1 saturated heterocycles. The molecule has 0 N–H and O–H groups in total. The van der Waals surface area contributed by atoms with E-state index in [4.69, 9.17) is 0 Å². The van der Waals surface area contributed by atoms with E-state index >= 15 is 0 Å². The van der Waals surface area contributed by atoms with Crippen LogP contribution in [0.2, 0.25) is 0 Å². The Morgan fingerprint density at radius 2 is 1.57 bits per heavy atom. The van der Waals surface area contributed by atoms with Crippen LogP contribution in [0.5, 0.6) is 0 Å². The first-order chi connectivity index (χ1) is 13.6. The molecule has 0 saturated carbocycles. The molecule has 1 aromatic heterocycles. The smallest absolute Gasteiger partial charge is 0.173 e. The maximum Gasteiger partial charge on any atom is 0.173 e. The fourth-order valence-corrected chi connectivity index (χ4v) is 3.80. The van der Waals surface area contributed by atoms with E-state index in [2.05, 4.69) is 63.4 Å². The number of hydrogen-bond acceptors (Lipinski definition) is 5. The van der Waals surface area contributed by atoms with Crippen molar-refractivity contribution < 1.29 is 4.39 Å². The van der Waals surface area contributed by atoms with Crippen LogP contribution in [0.15, 0.2) is 54.6 Å². The fourth-order valence-electron chi connectivity index (χ4n) is 3.80. The van der Waals surface area contributed by atoms with E-state index in [1.807, 2.05) is 22.9 Å². The molecular formula is C21H25FN6. The second-order valence-electron chi connectivity index (χ2n) is 7.39. The Hall–Kier alpha value is -2.80. The molecule has 3 aromatic rings. The highest BCUT2D eigenvalue weighted by Gasteiger charge is 2.31. The summed E-state index contributed by atoms with van der Waals surface area (Å²) in [7, 11) is 0. The van der Waals surface area contributed by atoms with Crippen LogP contribution in [-0.4, -0.2) is 51.3 Å². The van der Waals surface area contributed by atoms with E-state index in [0.717, 1.165) is 37.7 Å². The van der Waals surface area contributed by atoms with Crippen molar-refractivity contribution in [2.75, 3.05) is 31.1 Å². The molecule has 0 bridgehead atoms. The average molecular weight is 380 g/mol. The molecule has 0 aliphatic carbocycles. The third-order valence-electron chi connectivity index (χ3n) is 5.24. The van der Waals surface area contributed by atoms with Crippen molar-refractivity contribution in [2.45, 2.75) is 25.9 Å². The van der Waals surface area contributed by atoms with Gasteiger partial charge in [0.2, 0.25) is 0 Å². The number of rotatable bonds is 5. The van der Waals surface area contributed by atoms with Gasteiger partial charge in [-0.15, -0.1) is 5.10 Å². The van der Waals surface area contributed by atoms with Gasteiger partial charge in [0.05, 0.1) is 12.1 Å². The Morgan fingerprint density at radius 3 is 2.21 bits per heavy atom. The molecule has 28 heavy (non-hydrogen) atoms. The molecule has 2 aromatic carbocycles. The molecule has 6 nitrogen and oxygen atoms in total. The molecule has 0 spiro atoms. The maximum atomic E-state index is 13.2. The molecule has 7 heteroatoms. The minimum absolute atomic E-state index is 0.00830. The van der Waals surface area contributed by atoms with Crippen LogP contribution in [0.4, 0.5) is 10.1 Å². The molecule has 1 fully saturated rings. The summed E-state index contributed by atoms with van der Waals surface area (Å²) in [5.74, 6) is 0.670. The molecule has 146 valence electrons. The van der Waals surface area contributed by atoms with Crippen LogP contribution in [0, 0.1) is 5.82 Å². The van der Waals surface area contributed by atoms with Gasteiger partial charge in [0.25, 0.3) is 0 Å². The van der Waals surface area contributed by atoms with Crippen molar-refractivity contribution in [1.29, 1.82) is 0 Å². The van der Waals surface area contributed by atoms with Crippen molar-refractivity contribution in [1.82, 2.24) is 25.1 Å². The van der Waals surface area contributed by atoms with Gasteiger partial charge in [-0.1, -0.05) is 30.3 Å². The SMILES string of the molecule is CC(C)n1nnnc1C(c1ccccc1)N1CCN(c2ccc(F)cc2)CC1. The van der Waals surface area contributed by atoms with Gasteiger partial charge in [0.15, 0.2) is 5.82 Å². The summed E-state index contributed by atoms with van der Waals surface area (Å²) >= 11 is 0. The second kappa shape index (κ2) is 8.06. The molecule has 4 rings (SSSR count). The van der Waals surface area contributed by atoms with Crippen LogP contribution in [0.1, 0.15) is 37.3 Å². The zero-order chi connectivity index (χ0) is 19.5. The third kappa shape index (κ3) is 3.75. The number of hydrogen-bond donors (Lipinski definition) is 0. The van der Waals surface area contributed by atoms with Gasteiger partial charge in [-0.05, 0) is 54.1 Å². The Labute approximate surface area is 164 Å². The quantitative estimate of drug-likeness (QED) is 0.680. The van der Waals surface area contributed by atoms with Crippen LogP contribution in [-0.2, 0) is 0 Å². The second-order valence-corrected chi connectivity index (χ2v) is 7.39. The number of tetrazole rings is 1. The largest absolute Gasteiger partial charge is 0.369 e. The molecule has 1 atom stereocenters. The lowest BCUT2D eigenvalue weighted by atomic mass is 10.0. The number of nitrogens with zero attached hydrogens (tertiary/aromatic N) is 6. The van der Waals surface area contributed by atoms with Crippen LogP contribution in [0.25, 0.3) is 0 Å². The first-order valence-corrected chi connectivity index (χ1v) is 9.71. The van der Waals surface area contributed by atoms with Gasteiger partial charge in [0, 0.05) is 31.9 Å². The lowest BCUT2D eigenvalue weighted by Crippen LogP contribution is -2.48. The highest BCUT2D eigenvalue weighted by molar-refractivity contribution is 5.46. The topological polar surface area (TPSA) is 50.1 Å². The van der Waals surface area contributed by atoms with E-state index in [-0.39, 0.29) is 17.9 Å². The molecule has 1 aliphatic heterocycles. The molecule has 2 heterocycles. The third-order valence-corrected chi connectivity index (χ3v) is 5.24. The zero-order valence-corrected chi connectivity index (χ0v) is 16.2. The van der Waals surface area contributed by atoms with Crippen LogP contribution >= 0.6 is 0 Å². The van der Waals surface area contributed by atoms with Gasteiger partial charge in [-0.25, -0.2) is 9.07 Å². The lowest BCUT2D eigenvalue weighted by molar-refractivity contribution is 0.199. The number of aromatic nitrogens is 4. The summed E-state index contributed by atoms with van der Waals surface area (Å²) < 4.78 is 15.1.